The molecule has 134 valence electrons. The number of nitrogens with one attached hydrogen (secondary N) is 1. The summed E-state index contributed by atoms with van der Waals surface area (Å²) in [6.45, 7) is 1.97. The Balaban J connectivity index is 1.51. The zero-order valence-electron chi connectivity index (χ0n) is 14.3. The molecule has 1 aromatic heterocycles. The van der Waals surface area contributed by atoms with Crippen molar-refractivity contribution >= 4 is 21.7 Å². The number of nitrogens with zero attached hydrogens (tertiary/aromatic N) is 3. The van der Waals surface area contributed by atoms with Crippen LogP contribution in [0.1, 0.15) is 31.2 Å². The molecule has 0 atom stereocenters. The lowest BCUT2D eigenvalue weighted by atomic mass is 10.1. The van der Waals surface area contributed by atoms with E-state index in [9.17, 15) is 8.42 Å². The van der Waals surface area contributed by atoms with Gasteiger partial charge in [-0.15, -0.1) is 10.2 Å². The number of anilines is 2. The summed E-state index contributed by atoms with van der Waals surface area (Å²) in [5, 5.41) is 8.19. The Morgan fingerprint density at radius 2 is 1.72 bits per heavy atom. The minimum Gasteiger partial charge on any atom is -0.355 e. The summed E-state index contributed by atoms with van der Waals surface area (Å²) in [5.41, 5.74) is 1.14. The lowest BCUT2D eigenvalue weighted by Gasteiger charge is -2.27. The number of aryl methyl sites for hydroxylation is 1. The second kappa shape index (κ2) is 8.29. The van der Waals surface area contributed by atoms with E-state index in [-0.39, 0.29) is 11.6 Å². The van der Waals surface area contributed by atoms with Crippen LogP contribution in [0, 0.1) is 0 Å². The first kappa shape index (κ1) is 17.7. The number of piperidine rings is 1. The minimum atomic E-state index is -3.41. The number of benzene rings is 1. The molecule has 6 nitrogen and oxygen atoms in total. The van der Waals surface area contributed by atoms with Crippen molar-refractivity contribution in [2.24, 2.45) is 0 Å². The van der Waals surface area contributed by atoms with Gasteiger partial charge in [-0.3, -0.25) is 4.72 Å². The van der Waals surface area contributed by atoms with Crippen molar-refractivity contribution < 1.29 is 8.42 Å². The molecule has 0 bridgehead atoms. The van der Waals surface area contributed by atoms with Gasteiger partial charge in [0.15, 0.2) is 11.6 Å². The van der Waals surface area contributed by atoms with E-state index in [1.807, 2.05) is 36.4 Å². The summed E-state index contributed by atoms with van der Waals surface area (Å²) in [7, 11) is -3.41. The molecule has 0 aliphatic carbocycles. The highest BCUT2D eigenvalue weighted by Gasteiger charge is 2.14. The maximum absolute atomic E-state index is 12.2. The molecule has 0 saturated carbocycles. The summed E-state index contributed by atoms with van der Waals surface area (Å²) in [4.78, 5) is 2.19. The van der Waals surface area contributed by atoms with E-state index in [4.69, 9.17) is 0 Å². The van der Waals surface area contributed by atoms with Crippen LogP contribution in [-0.4, -0.2) is 37.5 Å². The number of aromatic nitrogens is 2. The summed E-state index contributed by atoms with van der Waals surface area (Å²) >= 11 is 0. The Bertz CT molecular complexity index is 757. The second-order valence-electron chi connectivity index (χ2n) is 6.33. The number of sulfonamides is 1. The van der Waals surface area contributed by atoms with E-state index in [2.05, 4.69) is 19.8 Å². The summed E-state index contributed by atoms with van der Waals surface area (Å²) in [6, 6.07) is 13.4. The van der Waals surface area contributed by atoms with Gasteiger partial charge in [0.1, 0.15) is 0 Å². The average molecular weight is 360 g/mol. The Kier molecular flexibility index (Phi) is 5.86. The summed E-state index contributed by atoms with van der Waals surface area (Å²) in [5.74, 6) is 1.16. The van der Waals surface area contributed by atoms with Gasteiger partial charge < -0.3 is 4.90 Å². The normalized spacial score (nSPS) is 15.1. The van der Waals surface area contributed by atoms with Crippen molar-refractivity contribution in [3.8, 4) is 0 Å². The summed E-state index contributed by atoms with van der Waals surface area (Å²) in [6.07, 6.45) is 4.89. The highest BCUT2D eigenvalue weighted by atomic mass is 32.2. The Morgan fingerprint density at radius 1 is 0.960 bits per heavy atom. The SMILES string of the molecule is O=S(=O)(CCCc1ccccc1)Nc1ccc(N2CCCCC2)nn1. The van der Waals surface area contributed by atoms with Crippen molar-refractivity contribution in [3.05, 3.63) is 48.0 Å². The Morgan fingerprint density at radius 3 is 2.40 bits per heavy atom. The maximum Gasteiger partial charge on any atom is 0.233 e. The maximum atomic E-state index is 12.2. The van der Waals surface area contributed by atoms with Crippen LogP contribution in [0.3, 0.4) is 0 Å². The van der Waals surface area contributed by atoms with Gasteiger partial charge in [-0.05, 0) is 49.8 Å². The monoisotopic (exact) mass is 360 g/mol. The third-order valence-corrected chi connectivity index (χ3v) is 5.66. The third kappa shape index (κ3) is 5.42. The van der Waals surface area contributed by atoms with Gasteiger partial charge in [0.25, 0.3) is 0 Å². The van der Waals surface area contributed by atoms with E-state index in [1.165, 1.54) is 6.42 Å². The topological polar surface area (TPSA) is 75.2 Å². The van der Waals surface area contributed by atoms with Crippen LogP contribution in [0.4, 0.5) is 11.6 Å². The molecule has 0 amide bonds. The van der Waals surface area contributed by atoms with E-state index in [0.717, 1.165) is 43.7 Å². The van der Waals surface area contributed by atoms with Gasteiger partial charge in [0.05, 0.1) is 5.75 Å². The molecule has 0 unspecified atom stereocenters. The fourth-order valence-electron chi connectivity index (χ4n) is 2.99. The first-order valence-electron chi connectivity index (χ1n) is 8.75. The average Bonchev–Trinajstić information content (AvgIpc) is 2.63. The van der Waals surface area contributed by atoms with Crippen molar-refractivity contribution in [2.45, 2.75) is 32.1 Å². The first-order chi connectivity index (χ1) is 12.1. The number of hydrogen-bond donors (Lipinski definition) is 1. The minimum absolute atomic E-state index is 0.0669. The molecule has 25 heavy (non-hydrogen) atoms. The molecule has 1 aliphatic heterocycles. The van der Waals surface area contributed by atoms with Crippen LogP contribution >= 0.6 is 0 Å². The fourth-order valence-corrected chi connectivity index (χ4v) is 4.05. The van der Waals surface area contributed by atoms with Crippen molar-refractivity contribution in [1.82, 2.24) is 10.2 Å². The highest BCUT2D eigenvalue weighted by molar-refractivity contribution is 7.92. The molecule has 0 spiro atoms. The second-order valence-corrected chi connectivity index (χ2v) is 8.18. The molecule has 3 rings (SSSR count). The Hall–Kier alpha value is -2.15. The van der Waals surface area contributed by atoms with Gasteiger partial charge in [-0.2, -0.15) is 0 Å². The predicted octanol–water partition coefficient (Wildman–Crippen LogP) is 2.84. The third-order valence-electron chi connectivity index (χ3n) is 4.31. The van der Waals surface area contributed by atoms with Gasteiger partial charge in [-0.1, -0.05) is 30.3 Å². The zero-order valence-corrected chi connectivity index (χ0v) is 15.1. The molecule has 1 aromatic carbocycles. The van der Waals surface area contributed by atoms with Gasteiger partial charge in [0, 0.05) is 13.1 Å². The van der Waals surface area contributed by atoms with Crippen LogP contribution < -0.4 is 9.62 Å². The molecular formula is C18H24N4O2S. The molecule has 7 heteroatoms. The fraction of sp³-hybridized carbons (Fsp3) is 0.444. The van der Waals surface area contributed by atoms with Crippen LogP contribution in [0.15, 0.2) is 42.5 Å². The largest absolute Gasteiger partial charge is 0.355 e. The standard InChI is InChI=1S/C18H24N4O2S/c23-25(24,15-7-10-16-8-3-1-4-9-16)21-17-11-12-18(20-19-17)22-13-5-2-6-14-22/h1,3-4,8-9,11-12H,2,5-7,10,13-15H2,(H,19,21). The van der Waals surface area contributed by atoms with Crippen LogP contribution in [0.5, 0.6) is 0 Å². The van der Waals surface area contributed by atoms with Crippen LogP contribution in [0.2, 0.25) is 0 Å². The molecular weight excluding hydrogens is 336 g/mol. The Labute approximate surface area is 149 Å². The molecule has 2 heterocycles. The van der Waals surface area contributed by atoms with Crippen molar-refractivity contribution in [3.63, 3.8) is 0 Å². The molecule has 1 fully saturated rings. The number of hydrogen-bond acceptors (Lipinski definition) is 5. The van der Waals surface area contributed by atoms with Crippen LogP contribution in [-0.2, 0) is 16.4 Å². The smallest absolute Gasteiger partial charge is 0.233 e. The molecule has 1 aliphatic rings. The lowest BCUT2D eigenvalue weighted by Crippen LogP contribution is -2.30. The molecule has 0 radical (unpaired) electrons. The van der Waals surface area contributed by atoms with Gasteiger partial charge in [0.2, 0.25) is 10.0 Å². The van der Waals surface area contributed by atoms with Crippen LogP contribution in [0.25, 0.3) is 0 Å². The first-order valence-corrected chi connectivity index (χ1v) is 10.4. The lowest BCUT2D eigenvalue weighted by molar-refractivity contribution is 0.571. The van der Waals surface area contributed by atoms with E-state index < -0.39 is 10.0 Å². The predicted molar refractivity (Wildman–Crippen MR) is 100 cm³/mol. The molecule has 1 saturated heterocycles. The quantitative estimate of drug-likeness (QED) is 0.822. The molecule has 2 aromatic rings. The van der Waals surface area contributed by atoms with E-state index in [0.29, 0.717) is 6.42 Å². The van der Waals surface area contributed by atoms with Gasteiger partial charge >= 0.3 is 0 Å². The summed E-state index contributed by atoms with van der Waals surface area (Å²) < 4.78 is 26.9. The van der Waals surface area contributed by atoms with Crippen molar-refractivity contribution in [1.29, 1.82) is 0 Å². The number of rotatable bonds is 7. The molecule has 1 N–H and O–H groups in total. The van der Waals surface area contributed by atoms with Crippen molar-refractivity contribution in [2.75, 3.05) is 28.5 Å². The van der Waals surface area contributed by atoms with Gasteiger partial charge in [-0.25, -0.2) is 8.42 Å². The highest BCUT2D eigenvalue weighted by Crippen LogP contribution is 2.18. The van der Waals surface area contributed by atoms with E-state index >= 15 is 0 Å². The zero-order chi connectivity index (χ0) is 17.5. The van der Waals surface area contributed by atoms with E-state index in [1.54, 1.807) is 6.07 Å².